The highest BCUT2D eigenvalue weighted by Crippen LogP contribution is 2.51. The van der Waals surface area contributed by atoms with E-state index < -0.39 is 25.1 Å². The Labute approximate surface area is 308 Å². The lowest BCUT2D eigenvalue weighted by molar-refractivity contribution is -0.144. The Kier molecular flexibility index (Phi) is 11.0. The number of amides is 2. The number of ether oxygens (including phenoxy) is 1. The van der Waals surface area contributed by atoms with E-state index >= 15 is 0 Å². The van der Waals surface area contributed by atoms with Gasteiger partial charge in [0.05, 0.1) is 17.9 Å². The Balaban J connectivity index is 1.13. The summed E-state index contributed by atoms with van der Waals surface area (Å²) in [7, 11) is -1.02. The molecule has 3 fully saturated rings. The summed E-state index contributed by atoms with van der Waals surface area (Å²) in [5, 5.41) is 21.5. The van der Waals surface area contributed by atoms with Crippen LogP contribution in [0.25, 0.3) is 6.08 Å². The number of rotatable bonds is 11. The summed E-state index contributed by atoms with van der Waals surface area (Å²) in [5.41, 5.74) is 7.28. The van der Waals surface area contributed by atoms with Crippen molar-refractivity contribution in [3.63, 3.8) is 0 Å². The maximum atomic E-state index is 14.5. The van der Waals surface area contributed by atoms with Gasteiger partial charge in [-0.3, -0.25) is 19.4 Å². The molecule has 9 heteroatoms. The summed E-state index contributed by atoms with van der Waals surface area (Å²) in [6, 6.07) is 24.0. The highest BCUT2D eigenvalue weighted by molar-refractivity contribution is 6.43. The first-order chi connectivity index (χ1) is 25.2. The van der Waals surface area contributed by atoms with Crippen molar-refractivity contribution < 1.29 is 29.1 Å². The fourth-order valence-electron chi connectivity index (χ4n) is 9.12. The van der Waals surface area contributed by atoms with Gasteiger partial charge in [-0.15, -0.1) is 0 Å². The molecule has 3 aliphatic heterocycles. The molecule has 4 atom stereocenters. The van der Waals surface area contributed by atoms with Crippen molar-refractivity contribution in [3.05, 3.63) is 112 Å². The SMILES string of the molecule is CC/C(=C\c1cc(C)c(O)c(C)c1)CC[C@H]1OB(O)C[C@H]2C1=C(COc1ccccc1)C[C@H]1C(=O)N(C3CCN(Cc4ccccc4)CC3)C(=O)[C@H]12. The van der Waals surface area contributed by atoms with Crippen molar-refractivity contribution >= 4 is 25.0 Å². The Bertz CT molecular complexity index is 1800. The van der Waals surface area contributed by atoms with Crippen molar-refractivity contribution in [2.24, 2.45) is 17.8 Å². The van der Waals surface area contributed by atoms with Crippen LogP contribution < -0.4 is 4.74 Å². The molecular formula is C43H51BN2O6. The molecule has 0 unspecified atom stereocenters. The number of nitrogens with zero attached hydrogens (tertiary/aromatic N) is 2. The van der Waals surface area contributed by atoms with Gasteiger partial charge in [0.15, 0.2) is 0 Å². The third-order valence-corrected chi connectivity index (χ3v) is 11.7. The van der Waals surface area contributed by atoms with Gasteiger partial charge in [0.2, 0.25) is 11.8 Å². The van der Waals surface area contributed by atoms with Crippen molar-refractivity contribution in [2.75, 3.05) is 19.7 Å². The number of piperidine rings is 1. The van der Waals surface area contributed by atoms with Gasteiger partial charge in [-0.1, -0.05) is 67.1 Å². The smallest absolute Gasteiger partial charge is 0.455 e. The van der Waals surface area contributed by atoms with Gasteiger partial charge < -0.3 is 19.5 Å². The molecule has 0 saturated carbocycles. The topological polar surface area (TPSA) is 99.5 Å². The van der Waals surface area contributed by atoms with E-state index in [1.54, 1.807) is 4.90 Å². The molecule has 3 aromatic carbocycles. The predicted octanol–water partition coefficient (Wildman–Crippen LogP) is 7.12. The van der Waals surface area contributed by atoms with Crippen LogP contribution in [0.1, 0.15) is 67.7 Å². The second-order valence-electron chi connectivity index (χ2n) is 15.2. The maximum Gasteiger partial charge on any atom is 0.455 e. The number of carbonyl (C=O) groups excluding carboxylic acids is 2. The molecule has 3 heterocycles. The first kappa shape index (κ1) is 36.2. The molecule has 8 nitrogen and oxygen atoms in total. The van der Waals surface area contributed by atoms with Crippen molar-refractivity contribution in [2.45, 2.75) is 84.3 Å². The summed E-state index contributed by atoms with van der Waals surface area (Å²) < 4.78 is 12.6. The molecule has 2 amide bonds. The van der Waals surface area contributed by atoms with E-state index in [4.69, 9.17) is 9.39 Å². The van der Waals surface area contributed by atoms with E-state index in [0.717, 1.165) is 78.9 Å². The zero-order valence-electron chi connectivity index (χ0n) is 30.7. The predicted molar refractivity (Wildman–Crippen MR) is 203 cm³/mol. The average Bonchev–Trinajstić information content (AvgIpc) is 3.40. The van der Waals surface area contributed by atoms with E-state index in [-0.39, 0.29) is 30.1 Å². The van der Waals surface area contributed by atoms with Gasteiger partial charge in [-0.2, -0.15) is 0 Å². The first-order valence-electron chi connectivity index (χ1n) is 19.1. The monoisotopic (exact) mass is 702 g/mol. The van der Waals surface area contributed by atoms with Crippen LogP contribution >= 0.6 is 0 Å². The number of imide groups is 1. The number of phenolic OH excluding ortho intramolecular Hbond substituents is 1. The van der Waals surface area contributed by atoms with E-state index in [1.807, 2.05) is 62.4 Å². The highest BCUT2D eigenvalue weighted by Gasteiger charge is 2.58. The number of aryl methyl sites for hydroxylation is 2. The van der Waals surface area contributed by atoms with Crippen LogP contribution in [0.5, 0.6) is 11.5 Å². The number of allylic oxidation sites excluding steroid dienone is 1. The van der Waals surface area contributed by atoms with Crippen LogP contribution in [0.4, 0.5) is 0 Å². The van der Waals surface area contributed by atoms with Crippen molar-refractivity contribution in [3.8, 4) is 11.5 Å². The van der Waals surface area contributed by atoms with Gasteiger partial charge in [-0.05, 0) is 122 Å². The molecule has 0 aromatic heterocycles. The van der Waals surface area contributed by atoms with E-state index in [1.165, 1.54) is 11.1 Å². The minimum absolute atomic E-state index is 0.0685. The van der Waals surface area contributed by atoms with Gasteiger partial charge in [-0.25, -0.2) is 0 Å². The third-order valence-electron chi connectivity index (χ3n) is 11.7. The lowest BCUT2D eigenvalue weighted by Gasteiger charge is -2.43. The van der Waals surface area contributed by atoms with Crippen molar-refractivity contribution in [1.29, 1.82) is 0 Å². The molecule has 7 rings (SSSR count). The Morgan fingerprint density at radius 1 is 0.962 bits per heavy atom. The van der Waals surface area contributed by atoms with Crippen LogP contribution in [0, 0.1) is 31.6 Å². The molecular weight excluding hydrogens is 651 g/mol. The third kappa shape index (κ3) is 7.63. The standard InChI is InChI=1S/C43H51BN2O6/c1-4-30(23-32-21-28(2)41(47)29(3)22-32)15-16-38-39-33(27-51-35-13-9-6-10-14-35)24-36-40(37(39)25-44(50)52-38)43(49)46(42(36)48)34-17-19-45(20-18-34)26-31-11-7-5-8-12-31/h5-14,21-23,34,36-38,40,47,50H,4,15-20,24-27H2,1-3H3/b30-23+/t36-,37+,38-,40-/m1/s1. The molecule has 0 spiro atoms. The van der Waals surface area contributed by atoms with Gasteiger partial charge in [0.25, 0.3) is 0 Å². The zero-order chi connectivity index (χ0) is 36.4. The quantitative estimate of drug-likeness (QED) is 0.125. The lowest BCUT2D eigenvalue weighted by atomic mass is 9.58. The van der Waals surface area contributed by atoms with Crippen LogP contribution in [0.15, 0.2) is 89.5 Å². The van der Waals surface area contributed by atoms with Crippen LogP contribution in [-0.2, 0) is 20.8 Å². The number of fused-ring (bicyclic) bond motifs is 3. The zero-order valence-corrected chi connectivity index (χ0v) is 30.7. The summed E-state index contributed by atoms with van der Waals surface area (Å²) in [6.45, 7) is 8.80. The number of aromatic hydroxyl groups is 1. The minimum Gasteiger partial charge on any atom is -0.507 e. The number of para-hydroxylation sites is 1. The summed E-state index contributed by atoms with van der Waals surface area (Å²) in [4.78, 5) is 32.8. The molecule has 3 aromatic rings. The Morgan fingerprint density at radius 3 is 2.31 bits per heavy atom. The van der Waals surface area contributed by atoms with E-state index in [9.17, 15) is 19.7 Å². The Morgan fingerprint density at radius 2 is 1.63 bits per heavy atom. The number of phenols is 1. The Hall–Kier alpha value is -4.18. The molecule has 52 heavy (non-hydrogen) atoms. The molecule has 0 bridgehead atoms. The van der Waals surface area contributed by atoms with Crippen LogP contribution in [0.3, 0.4) is 0 Å². The second kappa shape index (κ2) is 15.8. The van der Waals surface area contributed by atoms with Crippen LogP contribution in [0.2, 0.25) is 6.32 Å². The number of benzene rings is 3. The number of hydrogen-bond acceptors (Lipinski definition) is 7. The number of carbonyl (C=O) groups is 2. The normalized spacial score (nSPS) is 24.3. The largest absolute Gasteiger partial charge is 0.507 e. The van der Waals surface area contributed by atoms with Crippen molar-refractivity contribution in [1.82, 2.24) is 9.80 Å². The fourth-order valence-corrected chi connectivity index (χ4v) is 9.12. The average molecular weight is 703 g/mol. The van der Waals surface area contributed by atoms with E-state index in [2.05, 4.69) is 42.2 Å². The van der Waals surface area contributed by atoms with E-state index in [0.29, 0.717) is 25.2 Å². The highest BCUT2D eigenvalue weighted by atomic mass is 16.5. The molecule has 0 radical (unpaired) electrons. The lowest BCUT2D eigenvalue weighted by Crippen LogP contribution is -2.48. The number of likely N-dealkylation sites (tertiary alicyclic amines) is 2. The summed E-state index contributed by atoms with van der Waals surface area (Å²) >= 11 is 0. The molecule has 272 valence electrons. The van der Waals surface area contributed by atoms with Crippen LogP contribution in [-0.4, -0.2) is 70.7 Å². The molecule has 4 aliphatic rings. The fraction of sp³-hybridized carbons (Fsp3) is 0.442. The molecule has 3 saturated heterocycles. The summed E-state index contributed by atoms with van der Waals surface area (Å²) in [6.07, 6.45) is 6.27. The molecule has 1 aliphatic carbocycles. The van der Waals surface area contributed by atoms with Gasteiger partial charge in [0.1, 0.15) is 18.1 Å². The first-order valence-corrected chi connectivity index (χ1v) is 19.1. The molecule has 2 N–H and O–H groups in total. The second-order valence-corrected chi connectivity index (χ2v) is 15.2. The minimum atomic E-state index is -1.02. The van der Waals surface area contributed by atoms with Gasteiger partial charge >= 0.3 is 7.12 Å². The maximum absolute atomic E-state index is 14.5. The number of hydrogen-bond donors (Lipinski definition) is 2. The van der Waals surface area contributed by atoms with Gasteiger partial charge in [0, 0.05) is 25.7 Å². The summed E-state index contributed by atoms with van der Waals surface area (Å²) in [5.74, 6) is -0.339.